The van der Waals surface area contributed by atoms with Gasteiger partial charge in [-0.1, -0.05) is 24.3 Å². The van der Waals surface area contributed by atoms with Gasteiger partial charge in [-0.05, 0) is 38.8 Å². The lowest BCUT2D eigenvalue weighted by Crippen LogP contribution is -2.28. The van der Waals surface area contributed by atoms with Gasteiger partial charge in [0.25, 0.3) is 5.56 Å². The van der Waals surface area contributed by atoms with Gasteiger partial charge in [0.05, 0.1) is 18.4 Å². The molecule has 4 rings (SSSR count). The molecule has 0 bridgehead atoms. The molecule has 2 heterocycles. The standard InChI is InChI=1S/C20H16BrN5O4/c1-25-18-16(17(21)24-25)19(28)26(10-22-18)9-15(27)23-14-8-12-6-4-3-5-11(12)7-13(14)20(29)30-2/h3-8,10H,9H2,1-2H3,(H,23,27). The van der Waals surface area contributed by atoms with Crippen molar-refractivity contribution < 1.29 is 14.3 Å². The number of halogens is 1. The smallest absolute Gasteiger partial charge is 0.339 e. The summed E-state index contributed by atoms with van der Waals surface area (Å²) in [6, 6.07) is 10.8. The number of ether oxygens (including phenoxy) is 1. The van der Waals surface area contributed by atoms with E-state index in [1.165, 1.54) is 22.7 Å². The van der Waals surface area contributed by atoms with Crippen molar-refractivity contribution in [2.24, 2.45) is 7.05 Å². The zero-order valence-corrected chi connectivity index (χ0v) is 17.6. The first kappa shape index (κ1) is 19.8. The topological polar surface area (TPSA) is 108 Å². The number of nitrogens with one attached hydrogen (secondary N) is 1. The Kier molecular flexibility index (Phi) is 5.08. The molecular weight excluding hydrogens is 454 g/mol. The van der Waals surface area contributed by atoms with Crippen LogP contribution in [0.25, 0.3) is 21.8 Å². The Hall–Kier alpha value is -3.53. The normalized spacial score (nSPS) is 11.0. The lowest BCUT2D eigenvalue weighted by Gasteiger charge is -2.12. The van der Waals surface area contributed by atoms with Gasteiger partial charge >= 0.3 is 5.97 Å². The van der Waals surface area contributed by atoms with Gasteiger partial charge in [-0.15, -0.1) is 0 Å². The highest BCUT2D eigenvalue weighted by atomic mass is 79.9. The first-order valence-corrected chi connectivity index (χ1v) is 9.67. The number of anilines is 1. The largest absolute Gasteiger partial charge is 0.465 e. The summed E-state index contributed by atoms with van der Waals surface area (Å²) in [7, 11) is 2.94. The Bertz CT molecular complexity index is 1380. The molecule has 10 heteroatoms. The maximum atomic E-state index is 12.7. The van der Waals surface area contributed by atoms with Crippen molar-refractivity contribution in [1.29, 1.82) is 0 Å². The van der Waals surface area contributed by atoms with Crippen LogP contribution >= 0.6 is 15.9 Å². The number of hydrogen-bond acceptors (Lipinski definition) is 6. The second kappa shape index (κ2) is 7.71. The number of aryl methyl sites for hydroxylation is 1. The molecule has 2 aromatic heterocycles. The van der Waals surface area contributed by atoms with Crippen molar-refractivity contribution in [3.8, 4) is 0 Å². The van der Waals surface area contributed by atoms with E-state index in [4.69, 9.17) is 4.74 Å². The fourth-order valence-corrected chi connectivity index (χ4v) is 3.80. The minimum absolute atomic E-state index is 0.223. The molecule has 0 spiro atoms. The zero-order valence-electron chi connectivity index (χ0n) is 16.0. The number of aromatic nitrogens is 4. The van der Waals surface area contributed by atoms with Gasteiger partial charge < -0.3 is 10.1 Å². The van der Waals surface area contributed by atoms with Crippen molar-refractivity contribution in [2.45, 2.75) is 6.54 Å². The van der Waals surface area contributed by atoms with Crippen LogP contribution in [-0.2, 0) is 23.1 Å². The first-order valence-electron chi connectivity index (χ1n) is 8.87. The van der Waals surface area contributed by atoms with E-state index >= 15 is 0 Å². The number of benzene rings is 2. The lowest BCUT2D eigenvalue weighted by molar-refractivity contribution is -0.116. The molecule has 0 aliphatic rings. The van der Waals surface area contributed by atoms with Gasteiger partial charge in [0.1, 0.15) is 22.9 Å². The molecule has 1 N–H and O–H groups in total. The third kappa shape index (κ3) is 3.45. The number of amides is 1. The molecule has 0 unspecified atom stereocenters. The van der Waals surface area contributed by atoms with Crippen molar-refractivity contribution >= 4 is 55.3 Å². The van der Waals surface area contributed by atoms with E-state index in [-0.39, 0.29) is 17.5 Å². The molecule has 2 aromatic carbocycles. The van der Waals surface area contributed by atoms with Gasteiger partial charge in [-0.25, -0.2) is 14.5 Å². The van der Waals surface area contributed by atoms with Gasteiger partial charge in [0.2, 0.25) is 5.91 Å². The second-order valence-corrected chi connectivity index (χ2v) is 7.33. The molecule has 0 fully saturated rings. The van der Waals surface area contributed by atoms with Crippen molar-refractivity contribution in [2.75, 3.05) is 12.4 Å². The number of fused-ring (bicyclic) bond motifs is 2. The highest BCUT2D eigenvalue weighted by Crippen LogP contribution is 2.25. The number of rotatable bonds is 4. The van der Waals surface area contributed by atoms with E-state index in [2.05, 4.69) is 31.3 Å². The van der Waals surface area contributed by atoms with E-state index in [0.29, 0.717) is 15.9 Å². The first-order chi connectivity index (χ1) is 14.4. The summed E-state index contributed by atoms with van der Waals surface area (Å²) in [5.41, 5.74) is 0.531. The van der Waals surface area contributed by atoms with Crippen LogP contribution in [0.15, 0.2) is 52.1 Å². The Morgan fingerprint density at radius 1 is 1.20 bits per heavy atom. The third-order valence-corrected chi connectivity index (χ3v) is 5.20. The van der Waals surface area contributed by atoms with E-state index in [9.17, 15) is 14.4 Å². The Morgan fingerprint density at radius 3 is 2.60 bits per heavy atom. The molecule has 9 nitrogen and oxygen atoms in total. The summed E-state index contributed by atoms with van der Waals surface area (Å²) in [6.45, 7) is -0.281. The number of hydrogen-bond donors (Lipinski definition) is 1. The number of esters is 1. The molecule has 30 heavy (non-hydrogen) atoms. The molecule has 4 aromatic rings. The van der Waals surface area contributed by atoms with Crippen LogP contribution in [0.2, 0.25) is 0 Å². The summed E-state index contributed by atoms with van der Waals surface area (Å²) in [4.78, 5) is 41.8. The number of nitrogens with zero attached hydrogens (tertiary/aromatic N) is 4. The molecule has 152 valence electrons. The van der Waals surface area contributed by atoms with Crippen LogP contribution in [0.4, 0.5) is 5.69 Å². The minimum atomic E-state index is -0.574. The third-order valence-electron chi connectivity index (χ3n) is 4.65. The monoisotopic (exact) mass is 469 g/mol. The second-order valence-electron chi connectivity index (χ2n) is 6.58. The van der Waals surface area contributed by atoms with Gasteiger partial charge in [0, 0.05) is 7.05 Å². The van der Waals surface area contributed by atoms with Crippen LogP contribution in [0.1, 0.15) is 10.4 Å². The number of methoxy groups -OCH3 is 1. The minimum Gasteiger partial charge on any atom is -0.465 e. The van der Waals surface area contributed by atoms with E-state index in [1.807, 2.05) is 24.3 Å². The summed E-state index contributed by atoms with van der Waals surface area (Å²) in [5, 5.41) is 8.79. The summed E-state index contributed by atoms with van der Waals surface area (Å²) in [5.74, 6) is -1.06. The molecule has 0 saturated carbocycles. The zero-order chi connectivity index (χ0) is 21.4. The Balaban J connectivity index is 1.67. The van der Waals surface area contributed by atoms with Crippen LogP contribution in [0.3, 0.4) is 0 Å². The number of carbonyl (C=O) groups excluding carboxylic acids is 2. The average Bonchev–Trinajstić information content (AvgIpc) is 3.02. The molecule has 0 radical (unpaired) electrons. The highest BCUT2D eigenvalue weighted by Gasteiger charge is 2.18. The predicted octanol–water partition coefficient (Wildman–Crippen LogP) is 2.47. The Labute approximate surface area is 178 Å². The molecule has 0 aliphatic heterocycles. The lowest BCUT2D eigenvalue weighted by atomic mass is 10.0. The van der Waals surface area contributed by atoms with Gasteiger partial charge in [-0.3, -0.25) is 14.2 Å². The SMILES string of the molecule is COC(=O)c1cc2ccccc2cc1NC(=O)Cn1cnc2c(c(Br)nn2C)c1=O. The average molecular weight is 470 g/mol. The summed E-state index contributed by atoms with van der Waals surface area (Å²) in [6.07, 6.45) is 1.29. The van der Waals surface area contributed by atoms with E-state index in [0.717, 1.165) is 10.8 Å². The van der Waals surface area contributed by atoms with Crippen LogP contribution in [0, 0.1) is 0 Å². The van der Waals surface area contributed by atoms with Crippen molar-refractivity contribution in [3.63, 3.8) is 0 Å². The van der Waals surface area contributed by atoms with Crippen molar-refractivity contribution in [3.05, 3.63) is 63.2 Å². The van der Waals surface area contributed by atoms with Gasteiger partial charge in [-0.2, -0.15) is 5.10 Å². The molecule has 0 aliphatic carbocycles. The van der Waals surface area contributed by atoms with Crippen LogP contribution < -0.4 is 10.9 Å². The van der Waals surface area contributed by atoms with E-state index < -0.39 is 17.4 Å². The predicted molar refractivity (Wildman–Crippen MR) is 114 cm³/mol. The molecule has 0 atom stereocenters. The Morgan fingerprint density at radius 2 is 1.90 bits per heavy atom. The maximum Gasteiger partial charge on any atom is 0.339 e. The quantitative estimate of drug-likeness (QED) is 0.460. The fourth-order valence-electron chi connectivity index (χ4n) is 3.22. The summed E-state index contributed by atoms with van der Waals surface area (Å²) >= 11 is 3.24. The van der Waals surface area contributed by atoms with E-state index in [1.54, 1.807) is 19.2 Å². The highest BCUT2D eigenvalue weighted by molar-refractivity contribution is 9.10. The fraction of sp³-hybridized carbons (Fsp3) is 0.150. The molecule has 1 amide bonds. The molecule has 0 saturated heterocycles. The van der Waals surface area contributed by atoms with Crippen LogP contribution in [0.5, 0.6) is 0 Å². The molecular formula is C20H16BrN5O4. The number of carbonyl (C=O) groups is 2. The van der Waals surface area contributed by atoms with Crippen LogP contribution in [-0.4, -0.2) is 38.3 Å². The maximum absolute atomic E-state index is 12.7. The summed E-state index contributed by atoms with van der Waals surface area (Å²) < 4.78 is 7.85. The van der Waals surface area contributed by atoms with Gasteiger partial charge in [0.15, 0.2) is 5.65 Å². The van der Waals surface area contributed by atoms with Crippen molar-refractivity contribution in [1.82, 2.24) is 19.3 Å².